The van der Waals surface area contributed by atoms with Crippen molar-refractivity contribution in [1.82, 2.24) is 4.90 Å². The van der Waals surface area contributed by atoms with E-state index in [0.717, 1.165) is 6.42 Å². The number of carbonyl (C=O) groups excluding carboxylic acids is 1. The summed E-state index contributed by atoms with van der Waals surface area (Å²) in [5.41, 5.74) is 0. The smallest absolute Gasteiger partial charge is 0.326 e. The highest BCUT2D eigenvalue weighted by Gasteiger charge is 2.53. The van der Waals surface area contributed by atoms with E-state index in [1.54, 1.807) is 6.92 Å². The molecule has 0 aromatic heterocycles. The lowest BCUT2D eigenvalue weighted by Crippen LogP contribution is -2.41. The Bertz CT molecular complexity index is 251. The van der Waals surface area contributed by atoms with Crippen molar-refractivity contribution >= 4 is 11.9 Å². The monoisotopic (exact) mass is 169 g/mol. The van der Waals surface area contributed by atoms with Crippen LogP contribution in [0.1, 0.15) is 13.3 Å². The Morgan fingerprint density at radius 3 is 2.83 bits per heavy atom. The van der Waals surface area contributed by atoms with Crippen LogP contribution in [-0.2, 0) is 9.59 Å². The van der Waals surface area contributed by atoms with Crippen molar-refractivity contribution < 1.29 is 14.7 Å². The Labute approximate surface area is 70.2 Å². The first-order chi connectivity index (χ1) is 5.61. The number of aliphatic carboxylic acids is 1. The average molecular weight is 169 g/mol. The number of carbonyl (C=O) groups is 2. The van der Waals surface area contributed by atoms with Crippen molar-refractivity contribution in [3.63, 3.8) is 0 Å². The SMILES string of the molecule is CC(C(=O)O)N1CC2CC2C1=O. The first-order valence-electron chi connectivity index (χ1n) is 4.14. The predicted octanol–water partition coefficient (Wildman–Crippen LogP) is -0.0622. The number of hydrogen-bond donors (Lipinski definition) is 1. The van der Waals surface area contributed by atoms with Gasteiger partial charge in [-0.25, -0.2) is 4.79 Å². The van der Waals surface area contributed by atoms with Gasteiger partial charge in [-0.2, -0.15) is 0 Å². The molecule has 1 aliphatic heterocycles. The third-order valence-corrected chi connectivity index (χ3v) is 2.78. The Morgan fingerprint density at radius 2 is 2.42 bits per heavy atom. The minimum atomic E-state index is -0.912. The van der Waals surface area contributed by atoms with Crippen molar-refractivity contribution in [1.29, 1.82) is 0 Å². The maximum absolute atomic E-state index is 11.4. The van der Waals surface area contributed by atoms with Crippen LogP contribution < -0.4 is 0 Å². The molecule has 66 valence electrons. The summed E-state index contributed by atoms with van der Waals surface area (Å²) in [4.78, 5) is 23.4. The highest BCUT2D eigenvalue weighted by atomic mass is 16.4. The molecule has 4 nitrogen and oxygen atoms in total. The molecule has 0 aromatic carbocycles. The van der Waals surface area contributed by atoms with E-state index < -0.39 is 12.0 Å². The molecule has 12 heavy (non-hydrogen) atoms. The zero-order valence-corrected chi connectivity index (χ0v) is 6.86. The van der Waals surface area contributed by atoms with Crippen molar-refractivity contribution in [2.75, 3.05) is 6.54 Å². The molecule has 0 radical (unpaired) electrons. The zero-order chi connectivity index (χ0) is 8.88. The Hall–Kier alpha value is -1.06. The van der Waals surface area contributed by atoms with Gasteiger partial charge in [0.15, 0.2) is 0 Å². The highest BCUT2D eigenvalue weighted by Crippen LogP contribution is 2.46. The van der Waals surface area contributed by atoms with Crippen LogP contribution in [0, 0.1) is 11.8 Å². The number of likely N-dealkylation sites (tertiary alicyclic amines) is 1. The molecule has 1 aliphatic carbocycles. The Kier molecular flexibility index (Phi) is 1.40. The number of piperidine rings is 1. The first-order valence-corrected chi connectivity index (χ1v) is 4.14. The van der Waals surface area contributed by atoms with E-state index in [1.165, 1.54) is 4.90 Å². The summed E-state index contributed by atoms with van der Waals surface area (Å²) in [6, 6.07) is -0.648. The van der Waals surface area contributed by atoms with Gasteiger partial charge in [-0.1, -0.05) is 0 Å². The maximum Gasteiger partial charge on any atom is 0.326 e. The topological polar surface area (TPSA) is 57.6 Å². The van der Waals surface area contributed by atoms with Gasteiger partial charge in [0.1, 0.15) is 6.04 Å². The van der Waals surface area contributed by atoms with Crippen LogP contribution in [0.4, 0.5) is 0 Å². The third-order valence-electron chi connectivity index (χ3n) is 2.78. The van der Waals surface area contributed by atoms with E-state index in [1.807, 2.05) is 0 Å². The number of amides is 1. The molecule has 3 unspecified atom stereocenters. The summed E-state index contributed by atoms with van der Waals surface area (Å²) in [5.74, 6) is -0.259. The van der Waals surface area contributed by atoms with Crippen molar-refractivity contribution in [3.8, 4) is 0 Å². The summed E-state index contributed by atoms with van der Waals surface area (Å²) in [6.07, 6.45) is 0.974. The van der Waals surface area contributed by atoms with Gasteiger partial charge in [0.05, 0.1) is 0 Å². The number of carboxylic acids is 1. The molecule has 4 heteroatoms. The lowest BCUT2D eigenvalue weighted by Gasteiger charge is -2.22. The molecule has 1 amide bonds. The molecule has 0 spiro atoms. The van der Waals surface area contributed by atoms with Crippen molar-refractivity contribution in [2.24, 2.45) is 11.8 Å². The van der Waals surface area contributed by atoms with Gasteiger partial charge in [0.25, 0.3) is 0 Å². The van der Waals surface area contributed by atoms with Gasteiger partial charge in [-0.3, -0.25) is 4.79 Å². The number of rotatable bonds is 2. The zero-order valence-electron chi connectivity index (χ0n) is 6.86. The molecule has 1 saturated heterocycles. The standard InChI is InChI=1S/C8H11NO3/c1-4(8(11)12)9-3-5-2-6(5)7(9)10/h4-6H,2-3H2,1H3,(H,11,12). The fourth-order valence-corrected chi connectivity index (χ4v) is 1.79. The van der Waals surface area contributed by atoms with E-state index in [2.05, 4.69) is 0 Å². The Morgan fingerprint density at radius 1 is 1.75 bits per heavy atom. The van der Waals surface area contributed by atoms with Crippen LogP contribution in [0.5, 0.6) is 0 Å². The van der Waals surface area contributed by atoms with Crippen LogP contribution in [0.25, 0.3) is 0 Å². The molecule has 2 rings (SSSR count). The van der Waals surface area contributed by atoms with E-state index in [0.29, 0.717) is 12.5 Å². The highest BCUT2D eigenvalue weighted by molar-refractivity contribution is 5.88. The molecule has 1 heterocycles. The quantitative estimate of drug-likeness (QED) is 0.630. The number of carboxylic acid groups (broad SMARTS) is 1. The summed E-state index contributed by atoms with van der Waals surface area (Å²) < 4.78 is 0. The van der Waals surface area contributed by atoms with Gasteiger partial charge in [0.2, 0.25) is 5.91 Å². The van der Waals surface area contributed by atoms with Crippen molar-refractivity contribution in [2.45, 2.75) is 19.4 Å². The van der Waals surface area contributed by atoms with Crippen LogP contribution >= 0.6 is 0 Å². The molecule has 2 fully saturated rings. The van der Waals surface area contributed by atoms with Gasteiger partial charge < -0.3 is 10.0 Å². The van der Waals surface area contributed by atoms with E-state index in [4.69, 9.17) is 5.11 Å². The number of hydrogen-bond acceptors (Lipinski definition) is 2. The Balaban J connectivity index is 2.06. The normalized spacial score (nSPS) is 34.8. The largest absolute Gasteiger partial charge is 0.480 e. The maximum atomic E-state index is 11.4. The predicted molar refractivity (Wildman–Crippen MR) is 40.4 cm³/mol. The van der Waals surface area contributed by atoms with Crippen LogP contribution in [-0.4, -0.2) is 34.5 Å². The van der Waals surface area contributed by atoms with Crippen LogP contribution in [0.15, 0.2) is 0 Å². The van der Waals surface area contributed by atoms with E-state index >= 15 is 0 Å². The van der Waals surface area contributed by atoms with Gasteiger partial charge in [-0.05, 0) is 19.3 Å². The summed E-state index contributed by atoms with van der Waals surface area (Å²) in [7, 11) is 0. The van der Waals surface area contributed by atoms with Crippen LogP contribution in [0.2, 0.25) is 0 Å². The van der Waals surface area contributed by atoms with Gasteiger partial charge in [-0.15, -0.1) is 0 Å². The van der Waals surface area contributed by atoms with Gasteiger partial charge >= 0.3 is 5.97 Å². The molecule has 3 atom stereocenters. The number of fused-ring (bicyclic) bond motifs is 1. The summed E-state index contributed by atoms with van der Waals surface area (Å²) in [5, 5.41) is 8.67. The second-order valence-electron chi connectivity index (χ2n) is 3.61. The van der Waals surface area contributed by atoms with Crippen molar-refractivity contribution in [3.05, 3.63) is 0 Å². The molecular weight excluding hydrogens is 158 g/mol. The van der Waals surface area contributed by atoms with E-state index in [9.17, 15) is 9.59 Å². The van der Waals surface area contributed by atoms with E-state index in [-0.39, 0.29) is 11.8 Å². The van der Waals surface area contributed by atoms with Gasteiger partial charge in [0, 0.05) is 12.5 Å². The fraction of sp³-hybridized carbons (Fsp3) is 0.750. The third kappa shape index (κ3) is 0.906. The minimum Gasteiger partial charge on any atom is -0.480 e. The summed E-state index contributed by atoms with van der Waals surface area (Å²) in [6.45, 7) is 2.21. The second kappa shape index (κ2) is 2.21. The minimum absolute atomic E-state index is 0.0369. The molecule has 1 N–H and O–H groups in total. The van der Waals surface area contributed by atoms with Crippen LogP contribution in [0.3, 0.4) is 0 Å². The molecule has 1 saturated carbocycles. The number of nitrogens with zero attached hydrogens (tertiary/aromatic N) is 1. The lowest BCUT2D eigenvalue weighted by molar-refractivity contribution is -0.148. The second-order valence-corrected chi connectivity index (χ2v) is 3.61. The first kappa shape index (κ1) is 7.58. The molecule has 0 aromatic rings. The molecule has 2 aliphatic rings. The summed E-state index contributed by atoms with van der Waals surface area (Å²) >= 11 is 0. The average Bonchev–Trinajstić information content (AvgIpc) is 2.71. The lowest BCUT2D eigenvalue weighted by atomic mass is 10.3. The molecule has 0 bridgehead atoms. The fourth-order valence-electron chi connectivity index (χ4n) is 1.79. The molecular formula is C8H11NO3.